The van der Waals surface area contributed by atoms with Crippen molar-refractivity contribution in [3.8, 4) is 0 Å². The summed E-state index contributed by atoms with van der Waals surface area (Å²) in [5.41, 5.74) is 0.128. The van der Waals surface area contributed by atoms with E-state index in [0.717, 1.165) is 5.56 Å². The normalized spacial score (nSPS) is 30.8. The Morgan fingerprint density at radius 2 is 2.37 bits per heavy atom. The third kappa shape index (κ3) is 2.40. The van der Waals surface area contributed by atoms with Crippen molar-refractivity contribution in [1.82, 2.24) is 15.5 Å². The topological polar surface area (TPSA) is 97.6 Å². The van der Waals surface area contributed by atoms with Crippen molar-refractivity contribution in [2.24, 2.45) is 11.8 Å². The van der Waals surface area contributed by atoms with E-state index in [4.69, 9.17) is 9.26 Å². The van der Waals surface area contributed by atoms with Crippen LogP contribution in [0.15, 0.2) is 47.3 Å². The summed E-state index contributed by atoms with van der Waals surface area (Å²) in [6.07, 6.45) is 6.80. The van der Waals surface area contributed by atoms with E-state index in [-0.39, 0.29) is 17.9 Å². The number of carbonyl (C=O) groups is 2. The first-order valence-corrected chi connectivity index (χ1v) is 8.86. The zero-order valence-electron chi connectivity index (χ0n) is 14.7. The predicted molar refractivity (Wildman–Crippen MR) is 93.4 cm³/mol. The fourth-order valence-corrected chi connectivity index (χ4v) is 4.28. The molecule has 0 unspecified atom stereocenters. The molecule has 1 N–H and O–H groups in total. The largest absolute Gasteiger partial charge is 0.360 e. The summed E-state index contributed by atoms with van der Waals surface area (Å²) in [6, 6.07) is 5.42. The van der Waals surface area contributed by atoms with Gasteiger partial charge in [0.25, 0.3) is 0 Å². The Balaban J connectivity index is 1.38. The van der Waals surface area contributed by atoms with Crippen LogP contribution in [0.3, 0.4) is 0 Å². The molecule has 0 saturated carbocycles. The number of hydrogen-bond donors (Lipinski definition) is 1. The van der Waals surface area contributed by atoms with Crippen molar-refractivity contribution in [3.63, 3.8) is 0 Å². The number of nitrogens with zero attached hydrogens (tertiary/aromatic N) is 3. The van der Waals surface area contributed by atoms with Gasteiger partial charge in [-0.3, -0.25) is 19.5 Å². The molecular weight excluding hydrogens is 348 g/mol. The molecule has 138 valence electrons. The zero-order valence-corrected chi connectivity index (χ0v) is 14.7. The molecule has 0 aliphatic carbocycles. The standard InChI is InChI=1S/C19H18N4O4/c1-11-7-14(22-27-11)23-10-19-5-4-13(26-19)15(16(19)18(23)25)17(24)21-9-12-3-2-6-20-8-12/h2-8,13,15-16H,9-10H2,1H3,(H,21,24)/t13-,15+,16+,19-/m1/s1. The van der Waals surface area contributed by atoms with Crippen LogP contribution in [0.2, 0.25) is 0 Å². The molecule has 3 aliphatic rings. The van der Waals surface area contributed by atoms with Crippen LogP contribution in [0.25, 0.3) is 0 Å². The lowest BCUT2D eigenvalue weighted by Gasteiger charge is -2.23. The van der Waals surface area contributed by atoms with Crippen LogP contribution in [0, 0.1) is 18.8 Å². The highest BCUT2D eigenvalue weighted by Crippen LogP contribution is 2.52. The number of amides is 2. The molecule has 3 aliphatic heterocycles. The lowest BCUT2D eigenvalue weighted by Crippen LogP contribution is -2.44. The molecule has 2 saturated heterocycles. The van der Waals surface area contributed by atoms with Crippen molar-refractivity contribution >= 4 is 17.6 Å². The van der Waals surface area contributed by atoms with Gasteiger partial charge in [-0.15, -0.1) is 0 Å². The molecular formula is C19H18N4O4. The molecule has 0 aromatic carbocycles. The van der Waals surface area contributed by atoms with Gasteiger partial charge in [0.15, 0.2) is 5.82 Å². The molecule has 27 heavy (non-hydrogen) atoms. The number of hydrogen-bond acceptors (Lipinski definition) is 6. The number of anilines is 1. The second-order valence-electron chi connectivity index (χ2n) is 7.20. The minimum atomic E-state index is -0.773. The van der Waals surface area contributed by atoms with Gasteiger partial charge in [-0.25, -0.2) is 0 Å². The van der Waals surface area contributed by atoms with E-state index >= 15 is 0 Å². The summed E-state index contributed by atoms with van der Waals surface area (Å²) in [7, 11) is 0. The average molecular weight is 366 g/mol. The highest BCUT2D eigenvalue weighted by Gasteiger charge is 2.67. The molecule has 8 nitrogen and oxygen atoms in total. The second-order valence-corrected chi connectivity index (χ2v) is 7.20. The molecule has 1 spiro atoms. The summed E-state index contributed by atoms with van der Waals surface area (Å²) in [5.74, 6) is -0.381. The van der Waals surface area contributed by atoms with E-state index < -0.39 is 17.4 Å². The zero-order chi connectivity index (χ0) is 18.6. The first-order valence-electron chi connectivity index (χ1n) is 8.86. The fraction of sp³-hybridized carbons (Fsp3) is 0.368. The molecule has 2 aromatic heterocycles. The van der Waals surface area contributed by atoms with Gasteiger partial charge in [-0.2, -0.15) is 0 Å². The smallest absolute Gasteiger partial charge is 0.235 e. The number of carbonyl (C=O) groups excluding carboxylic acids is 2. The first-order chi connectivity index (χ1) is 13.1. The van der Waals surface area contributed by atoms with Gasteiger partial charge < -0.3 is 14.6 Å². The predicted octanol–water partition coefficient (Wildman–Crippen LogP) is 0.981. The third-order valence-corrected chi connectivity index (χ3v) is 5.48. The Morgan fingerprint density at radius 1 is 1.48 bits per heavy atom. The van der Waals surface area contributed by atoms with Gasteiger partial charge in [0.2, 0.25) is 11.8 Å². The molecule has 8 heteroatoms. The first kappa shape index (κ1) is 16.2. The number of rotatable bonds is 4. The highest BCUT2D eigenvalue weighted by atomic mass is 16.5. The maximum atomic E-state index is 13.1. The fourth-order valence-electron chi connectivity index (χ4n) is 4.28. The second kappa shape index (κ2) is 5.75. The van der Waals surface area contributed by atoms with Gasteiger partial charge in [-0.1, -0.05) is 23.4 Å². The molecule has 2 bridgehead atoms. The van der Waals surface area contributed by atoms with Crippen molar-refractivity contribution < 1.29 is 18.8 Å². The molecule has 5 heterocycles. The minimum absolute atomic E-state index is 0.156. The Hall–Kier alpha value is -3.00. The highest BCUT2D eigenvalue weighted by molar-refractivity contribution is 6.02. The van der Waals surface area contributed by atoms with Crippen LogP contribution in [-0.2, 0) is 20.9 Å². The van der Waals surface area contributed by atoms with E-state index in [0.29, 0.717) is 24.7 Å². The molecule has 0 radical (unpaired) electrons. The maximum absolute atomic E-state index is 13.1. The van der Waals surface area contributed by atoms with E-state index in [1.54, 1.807) is 30.3 Å². The van der Waals surface area contributed by atoms with Gasteiger partial charge in [0, 0.05) is 25.0 Å². The van der Waals surface area contributed by atoms with Crippen LogP contribution >= 0.6 is 0 Å². The number of aromatic nitrogens is 2. The maximum Gasteiger partial charge on any atom is 0.235 e. The van der Waals surface area contributed by atoms with Crippen LogP contribution in [-0.4, -0.2) is 40.2 Å². The Morgan fingerprint density at radius 3 is 3.11 bits per heavy atom. The quantitative estimate of drug-likeness (QED) is 0.810. The van der Waals surface area contributed by atoms with Crippen LogP contribution in [0.5, 0.6) is 0 Å². The number of aryl methyl sites for hydroxylation is 1. The monoisotopic (exact) mass is 366 g/mol. The van der Waals surface area contributed by atoms with Crippen molar-refractivity contribution in [3.05, 3.63) is 54.1 Å². The van der Waals surface area contributed by atoms with E-state index in [2.05, 4.69) is 15.5 Å². The van der Waals surface area contributed by atoms with Gasteiger partial charge in [-0.05, 0) is 18.6 Å². The van der Waals surface area contributed by atoms with Gasteiger partial charge in [0.1, 0.15) is 11.4 Å². The molecule has 2 amide bonds. The summed E-state index contributed by atoms with van der Waals surface area (Å²) in [6.45, 7) is 2.47. The summed E-state index contributed by atoms with van der Waals surface area (Å²) in [5, 5.41) is 6.86. The average Bonchev–Trinajstić information content (AvgIpc) is 3.42. The molecule has 4 atom stereocenters. The van der Waals surface area contributed by atoms with Crippen LogP contribution in [0.4, 0.5) is 5.82 Å². The van der Waals surface area contributed by atoms with Crippen molar-refractivity contribution in [2.75, 3.05) is 11.4 Å². The lowest BCUT2D eigenvalue weighted by atomic mass is 9.77. The SMILES string of the molecule is Cc1cc(N2C[C@@]34C=C[C@@H](O3)[C@H](C(=O)NCc3cccnc3)[C@H]4C2=O)no1. The molecule has 5 rings (SSSR count). The Labute approximate surface area is 155 Å². The van der Waals surface area contributed by atoms with Crippen molar-refractivity contribution in [1.29, 1.82) is 0 Å². The Bertz CT molecular complexity index is 940. The van der Waals surface area contributed by atoms with Crippen LogP contribution in [0.1, 0.15) is 11.3 Å². The molecule has 2 fully saturated rings. The number of ether oxygens (including phenoxy) is 1. The number of pyridine rings is 1. The van der Waals surface area contributed by atoms with Gasteiger partial charge >= 0.3 is 0 Å². The summed E-state index contributed by atoms with van der Waals surface area (Å²) in [4.78, 5) is 31.6. The van der Waals surface area contributed by atoms with Crippen molar-refractivity contribution in [2.45, 2.75) is 25.2 Å². The third-order valence-electron chi connectivity index (χ3n) is 5.48. The number of fused-ring (bicyclic) bond motifs is 1. The van der Waals surface area contributed by atoms with E-state index in [9.17, 15) is 9.59 Å². The summed E-state index contributed by atoms with van der Waals surface area (Å²) < 4.78 is 11.2. The van der Waals surface area contributed by atoms with E-state index in [1.165, 1.54) is 0 Å². The molecule has 2 aromatic rings. The minimum Gasteiger partial charge on any atom is -0.360 e. The Kier molecular flexibility index (Phi) is 3.45. The summed E-state index contributed by atoms with van der Waals surface area (Å²) >= 11 is 0. The van der Waals surface area contributed by atoms with E-state index in [1.807, 2.05) is 24.3 Å². The number of nitrogens with one attached hydrogen (secondary N) is 1. The lowest BCUT2D eigenvalue weighted by molar-refractivity contribution is -0.132. The van der Waals surface area contributed by atoms with Gasteiger partial charge in [0.05, 0.1) is 24.5 Å². The van der Waals surface area contributed by atoms with Crippen LogP contribution < -0.4 is 10.2 Å².